The molecule has 2 fully saturated rings. The Morgan fingerprint density at radius 2 is 2.14 bits per heavy atom. The van der Waals surface area contributed by atoms with Crippen LogP contribution in [0.3, 0.4) is 0 Å². The average molecular weight is 417 g/mol. The van der Waals surface area contributed by atoms with E-state index < -0.39 is 17.1 Å². The molecule has 1 aromatic rings. The van der Waals surface area contributed by atoms with Gasteiger partial charge in [0.2, 0.25) is 5.91 Å². The summed E-state index contributed by atoms with van der Waals surface area (Å²) in [4.78, 5) is 15.1. The summed E-state index contributed by atoms with van der Waals surface area (Å²) in [7, 11) is 0. The second-order valence-corrected chi connectivity index (χ2v) is 9.10. The molecule has 3 nitrogen and oxygen atoms in total. The van der Waals surface area contributed by atoms with Crippen molar-refractivity contribution in [3.63, 3.8) is 0 Å². The lowest BCUT2D eigenvalue weighted by atomic mass is 9.73. The van der Waals surface area contributed by atoms with E-state index in [1.165, 1.54) is 6.08 Å². The van der Waals surface area contributed by atoms with Gasteiger partial charge in [0.05, 0.1) is 0 Å². The molecule has 4 atom stereocenters. The Morgan fingerprint density at radius 3 is 2.90 bits per heavy atom. The summed E-state index contributed by atoms with van der Waals surface area (Å²) in [5.74, 6) is -0.825. The maximum Gasteiger partial charge on any atom is 0.226 e. The lowest BCUT2D eigenvalue weighted by Crippen LogP contribution is -2.47. The van der Waals surface area contributed by atoms with Gasteiger partial charge in [-0.3, -0.25) is 9.52 Å². The van der Waals surface area contributed by atoms with Crippen LogP contribution < -0.4 is 4.72 Å². The standard InChI is InChI=1S/C23H26F2N2OS/c1-23(10-9-15(24)12-21(23)25)20-8-4-3-7-17(20)18-13-19(18)22(28)27-11-5-6-16(14-27)26-29-2/h7-9,12,16,18-19,26H,5-6,10-11,13-14H2,1-2H3. The minimum atomic E-state index is -0.925. The number of halogens is 2. The molecule has 4 unspecified atom stereocenters. The third-order valence-electron chi connectivity index (χ3n) is 6.45. The Hall–Kier alpha value is -1.84. The number of carbonyl (C=O) groups excluding carboxylic acids is 1. The van der Waals surface area contributed by atoms with Crippen molar-refractivity contribution in [2.75, 3.05) is 19.3 Å². The average Bonchev–Trinajstić information content (AvgIpc) is 3.52. The van der Waals surface area contributed by atoms with Crippen LogP contribution in [0, 0.1) is 18.1 Å². The molecule has 154 valence electrons. The number of amides is 1. The van der Waals surface area contributed by atoms with Crippen LogP contribution in [-0.2, 0) is 10.2 Å². The Balaban J connectivity index is 1.52. The number of nitrogens with zero attached hydrogens (tertiary/aromatic N) is 1. The number of likely N-dealkylation sites (tertiary alicyclic amines) is 1. The number of nitrogens with one attached hydrogen (secondary N) is 1. The van der Waals surface area contributed by atoms with Gasteiger partial charge in [-0.25, -0.2) is 8.78 Å². The van der Waals surface area contributed by atoms with E-state index in [1.54, 1.807) is 24.9 Å². The monoisotopic (exact) mass is 416 g/mol. The molecular formula is C23H26F2N2OS. The predicted octanol–water partition coefficient (Wildman–Crippen LogP) is 4.62. The second kappa shape index (κ2) is 8.12. The van der Waals surface area contributed by atoms with Crippen molar-refractivity contribution in [1.82, 2.24) is 9.62 Å². The van der Waals surface area contributed by atoms with E-state index in [1.807, 2.05) is 17.2 Å². The number of allylic oxidation sites excluding steroid dienone is 4. The van der Waals surface area contributed by atoms with Crippen LogP contribution in [0.4, 0.5) is 8.78 Å². The maximum atomic E-state index is 14.8. The molecule has 3 aliphatic rings. The molecule has 0 radical (unpaired) electrons. The highest BCUT2D eigenvalue weighted by Gasteiger charge is 2.49. The third-order valence-corrected chi connectivity index (χ3v) is 7.02. The van der Waals surface area contributed by atoms with Crippen molar-refractivity contribution in [1.29, 1.82) is 0 Å². The number of hydrogen-bond donors (Lipinski definition) is 1. The highest BCUT2D eigenvalue weighted by molar-refractivity contribution is 7.96. The first-order valence-corrected chi connectivity index (χ1v) is 11.4. The van der Waals surface area contributed by atoms with Crippen molar-refractivity contribution in [3.8, 4) is 0 Å². The first kappa shape index (κ1) is 20.4. The Morgan fingerprint density at radius 1 is 1.34 bits per heavy atom. The van der Waals surface area contributed by atoms with Crippen LogP contribution in [-0.4, -0.2) is 36.2 Å². The van der Waals surface area contributed by atoms with Crippen LogP contribution in [0.25, 0.3) is 0 Å². The normalized spacial score (nSPS) is 31.6. The zero-order valence-electron chi connectivity index (χ0n) is 16.8. The fraction of sp³-hybridized carbons (Fsp3) is 0.522. The molecule has 1 saturated carbocycles. The van der Waals surface area contributed by atoms with Gasteiger partial charge in [0.1, 0.15) is 11.7 Å². The zero-order chi connectivity index (χ0) is 20.6. The molecule has 0 bridgehead atoms. The van der Waals surface area contributed by atoms with Crippen LogP contribution in [0.2, 0.25) is 0 Å². The number of hydrogen-bond acceptors (Lipinski definition) is 3. The Labute approximate surface area is 175 Å². The summed E-state index contributed by atoms with van der Waals surface area (Å²) in [6, 6.07) is 9.81. The van der Waals surface area contributed by atoms with Crippen molar-refractivity contribution in [2.24, 2.45) is 5.92 Å². The summed E-state index contributed by atoms with van der Waals surface area (Å²) in [6.07, 6.45) is 7.51. The Kier molecular flexibility index (Phi) is 5.72. The van der Waals surface area contributed by atoms with E-state index in [4.69, 9.17) is 0 Å². The quantitative estimate of drug-likeness (QED) is 0.711. The van der Waals surface area contributed by atoms with E-state index >= 15 is 0 Å². The first-order valence-electron chi connectivity index (χ1n) is 10.2. The van der Waals surface area contributed by atoms with Gasteiger partial charge in [0.15, 0.2) is 0 Å². The van der Waals surface area contributed by atoms with Crippen molar-refractivity contribution in [2.45, 2.75) is 50.0 Å². The predicted molar refractivity (Wildman–Crippen MR) is 112 cm³/mol. The van der Waals surface area contributed by atoms with Gasteiger partial charge in [0, 0.05) is 36.5 Å². The highest BCUT2D eigenvalue weighted by atomic mass is 32.2. The molecule has 4 rings (SSSR count). The van der Waals surface area contributed by atoms with Crippen molar-refractivity contribution in [3.05, 3.63) is 59.2 Å². The molecule has 1 aromatic carbocycles. The van der Waals surface area contributed by atoms with E-state index in [2.05, 4.69) is 16.9 Å². The summed E-state index contributed by atoms with van der Waals surface area (Å²) < 4.78 is 31.6. The largest absolute Gasteiger partial charge is 0.341 e. The fourth-order valence-corrected chi connectivity index (χ4v) is 5.17. The van der Waals surface area contributed by atoms with Crippen LogP contribution >= 0.6 is 11.9 Å². The van der Waals surface area contributed by atoms with Crippen molar-refractivity contribution < 1.29 is 13.6 Å². The number of carbonyl (C=O) groups is 1. The number of piperidine rings is 1. The summed E-state index contributed by atoms with van der Waals surface area (Å²) >= 11 is 1.59. The first-order chi connectivity index (χ1) is 13.9. The van der Waals surface area contributed by atoms with E-state index in [0.717, 1.165) is 49.6 Å². The fourth-order valence-electron chi connectivity index (χ4n) is 4.64. The lowest BCUT2D eigenvalue weighted by molar-refractivity contribution is -0.133. The van der Waals surface area contributed by atoms with Gasteiger partial charge in [-0.1, -0.05) is 24.1 Å². The maximum absolute atomic E-state index is 14.8. The molecular weight excluding hydrogens is 390 g/mol. The minimum Gasteiger partial charge on any atom is -0.341 e. The Bertz CT molecular complexity index is 853. The van der Waals surface area contributed by atoms with Gasteiger partial charge in [-0.05, 0) is 74.1 Å². The minimum absolute atomic E-state index is 0.0657. The van der Waals surface area contributed by atoms with Crippen LogP contribution in [0.15, 0.2) is 35.9 Å². The zero-order valence-corrected chi connectivity index (χ0v) is 17.6. The molecule has 0 spiro atoms. The molecule has 0 aromatic heterocycles. The lowest BCUT2D eigenvalue weighted by Gasteiger charge is -2.33. The van der Waals surface area contributed by atoms with Gasteiger partial charge < -0.3 is 4.90 Å². The smallest absolute Gasteiger partial charge is 0.226 e. The molecule has 29 heavy (non-hydrogen) atoms. The molecule has 1 heterocycles. The molecule has 2 aliphatic carbocycles. The van der Waals surface area contributed by atoms with Gasteiger partial charge in [-0.15, -0.1) is 0 Å². The SMILES string of the molecule is CSNC1CCCN(C(=O)C2CC2c2cc#ccc2C2(C)CC=C(F)C=C2F)C1. The molecule has 1 aliphatic heterocycles. The second-order valence-electron chi connectivity index (χ2n) is 8.46. The van der Waals surface area contributed by atoms with E-state index in [-0.39, 0.29) is 24.2 Å². The molecule has 1 saturated heterocycles. The molecule has 6 heteroatoms. The van der Waals surface area contributed by atoms with E-state index in [0.29, 0.717) is 6.04 Å². The van der Waals surface area contributed by atoms with Gasteiger partial charge in [-0.2, -0.15) is 0 Å². The summed E-state index contributed by atoms with van der Waals surface area (Å²) in [6.45, 7) is 3.33. The van der Waals surface area contributed by atoms with Crippen LogP contribution in [0.1, 0.15) is 49.7 Å². The summed E-state index contributed by atoms with van der Waals surface area (Å²) in [5, 5.41) is 0. The van der Waals surface area contributed by atoms with Crippen LogP contribution in [0.5, 0.6) is 0 Å². The van der Waals surface area contributed by atoms with Gasteiger partial charge in [0.25, 0.3) is 0 Å². The van der Waals surface area contributed by atoms with Gasteiger partial charge >= 0.3 is 0 Å². The molecule has 1 amide bonds. The molecule has 1 N–H and O–H groups in total. The van der Waals surface area contributed by atoms with Crippen molar-refractivity contribution >= 4 is 17.9 Å². The van der Waals surface area contributed by atoms with E-state index in [9.17, 15) is 13.6 Å². The summed E-state index contributed by atoms with van der Waals surface area (Å²) in [5.41, 5.74) is 0.805. The highest BCUT2D eigenvalue weighted by Crippen LogP contribution is 2.53. The topological polar surface area (TPSA) is 32.3 Å². The third kappa shape index (κ3) is 3.95. The number of rotatable bonds is 5.